The molecule has 0 aromatic heterocycles. The largest absolute Gasteiger partial charge is 0.508 e. The van der Waals surface area contributed by atoms with Gasteiger partial charge in [-0.25, -0.2) is 4.79 Å². The van der Waals surface area contributed by atoms with Crippen molar-refractivity contribution in [1.82, 2.24) is 0 Å². The maximum absolute atomic E-state index is 14.5. The van der Waals surface area contributed by atoms with Crippen molar-refractivity contribution in [2.45, 2.75) is 99.4 Å². The number of amides is 1. The van der Waals surface area contributed by atoms with Crippen LogP contribution in [0.25, 0.3) is 6.08 Å². The number of carbonyl (C=O) groups excluding carboxylic acids is 1. The molecule has 2 aliphatic carbocycles. The maximum atomic E-state index is 14.5. The summed E-state index contributed by atoms with van der Waals surface area (Å²) in [4.78, 5) is 37.6. The zero-order chi connectivity index (χ0) is 40.0. The van der Waals surface area contributed by atoms with Gasteiger partial charge in [-0.1, -0.05) is 43.2 Å². The Morgan fingerprint density at radius 3 is 2.58 bits per heavy atom. The summed E-state index contributed by atoms with van der Waals surface area (Å²) in [6, 6.07) is 14.6. The number of phenolic OH excluding ortho intramolecular Hbond substituents is 2. The van der Waals surface area contributed by atoms with Crippen LogP contribution in [0, 0.1) is 5.92 Å². The molecule has 3 aliphatic heterocycles. The number of carboxylic acid groups (broad SMARTS) is 1. The summed E-state index contributed by atoms with van der Waals surface area (Å²) >= 11 is 0. The molecular weight excluding hydrogens is 734 g/mol. The molecule has 0 bridgehead atoms. The summed E-state index contributed by atoms with van der Waals surface area (Å²) in [5, 5.41) is 74.2. The molecule has 14 nitrogen and oxygen atoms in total. The van der Waals surface area contributed by atoms with Crippen LogP contribution >= 0.6 is 0 Å². The van der Waals surface area contributed by atoms with E-state index < -0.39 is 66.9 Å². The molecule has 2 fully saturated rings. The molecule has 300 valence electrons. The molecule has 7 N–H and O–H groups in total. The van der Waals surface area contributed by atoms with Gasteiger partial charge in [-0.3, -0.25) is 19.7 Å². The highest BCUT2D eigenvalue weighted by Gasteiger charge is 2.53. The van der Waals surface area contributed by atoms with E-state index in [1.807, 2.05) is 12.1 Å². The Morgan fingerprint density at radius 2 is 1.81 bits per heavy atom. The number of aliphatic hydroxyl groups excluding tert-OH is 4. The Hall–Kier alpha value is -5.12. The molecule has 0 radical (unpaired) electrons. The Labute approximate surface area is 329 Å². The molecule has 1 amide bonds. The predicted molar refractivity (Wildman–Crippen MR) is 209 cm³/mol. The number of phenols is 2. The van der Waals surface area contributed by atoms with E-state index in [1.165, 1.54) is 40.3 Å². The second kappa shape index (κ2) is 15.7. The van der Waals surface area contributed by atoms with Crippen molar-refractivity contribution in [2.75, 3.05) is 18.2 Å². The van der Waals surface area contributed by atoms with Crippen molar-refractivity contribution in [2.24, 2.45) is 15.9 Å². The number of carboxylic acids is 1. The molecule has 1 saturated heterocycles. The Balaban J connectivity index is 1.19. The third kappa shape index (κ3) is 7.10. The summed E-state index contributed by atoms with van der Waals surface area (Å²) in [6.07, 6.45) is 2.90. The number of ether oxygens (including phenoxy) is 2. The van der Waals surface area contributed by atoms with Crippen molar-refractivity contribution in [1.29, 1.82) is 0 Å². The van der Waals surface area contributed by atoms with Gasteiger partial charge in [0, 0.05) is 36.3 Å². The Bertz CT molecular complexity index is 2130. The van der Waals surface area contributed by atoms with Gasteiger partial charge >= 0.3 is 5.97 Å². The summed E-state index contributed by atoms with van der Waals surface area (Å²) < 4.78 is 11.4. The number of aryl methyl sites for hydroxylation is 1. The van der Waals surface area contributed by atoms with Crippen molar-refractivity contribution in [3.8, 4) is 17.2 Å². The number of rotatable bonds is 10. The molecule has 9 atom stereocenters. The normalized spacial score (nSPS) is 30.5. The Kier molecular flexibility index (Phi) is 10.7. The third-order valence-corrected chi connectivity index (χ3v) is 12.6. The van der Waals surface area contributed by atoms with Gasteiger partial charge in [0.2, 0.25) is 6.29 Å². The summed E-state index contributed by atoms with van der Waals surface area (Å²) in [5.74, 6) is -2.96. The van der Waals surface area contributed by atoms with Crippen molar-refractivity contribution in [3.05, 3.63) is 88.5 Å². The Morgan fingerprint density at radius 1 is 0.982 bits per heavy atom. The van der Waals surface area contributed by atoms with Crippen LogP contribution in [0.2, 0.25) is 0 Å². The topological polar surface area (TPSA) is 222 Å². The number of carbonyl (C=O) groups is 2. The average Bonchev–Trinajstić information content (AvgIpc) is 3.84. The highest BCUT2D eigenvalue weighted by Crippen LogP contribution is 2.58. The SMILES string of the molecule is O=C(O)[C@H]1[C@@H](C[C@]23CCCC[C@@H]2CCc2ccccc23)c2cc(O)c(O[C@@H]3O[C@H](CO)[C@@H](O)[C@H](O)[C@H]3O)cc2N1C(=O)/C=C/c1ccc(O)c(CC2=NCN=C2)c1. The van der Waals surface area contributed by atoms with Crippen LogP contribution in [0.5, 0.6) is 17.2 Å². The first-order chi connectivity index (χ1) is 27.5. The van der Waals surface area contributed by atoms with E-state index >= 15 is 0 Å². The van der Waals surface area contributed by atoms with Gasteiger partial charge in [0.05, 0.1) is 18.0 Å². The standard InChI is InChI=1S/C43H47N3O11/c47-21-35-38(51)39(52)40(53)42(57-35)56-34-18-31-28(17-33(34)49)29(19-43-14-4-3-6-26(43)11-10-24-5-1-2-7-30(24)43)37(41(54)55)46(31)36(50)13-9-23-8-12-32(48)25(15-23)16-27-20-44-22-45-27/h1-2,5,7-9,12-13,15,17-18,20,26,29,35,37-40,42,47-49,51-53H,3-4,6,10-11,14,16,19,21-22H2,(H,54,55)/b13-9+/t26-,29+,35-,37-,38-,39+,40-,42-,43-/m1/s1. The highest BCUT2D eigenvalue weighted by molar-refractivity contribution is 6.32. The number of aliphatic hydroxyl groups is 4. The molecule has 1 saturated carbocycles. The molecule has 3 heterocycles. The number of aliphatic imine (C=N–C) groups is 2. The van der Waals surface area contributed by atoms with Gasteiger partial charge in [-0.15, -0.1) is 0 Å². The number of hydrogen-bond acceptors (Lipinski definition) is 12. The van der Waals surface area contributed by atoms with Crippen molar-refractivity contribution in [3.63, 3.8) is 0 Å². The summed E-state index contributed by atoms with van der Waals surface area (Å²) in [6.45, 7) is -0.371. The van der Waals surface area contributed by atoms with Gasteiger partial charge in [-0.2, -0.15) is 0 Å². The van der Waals surface area contributed by atoms with Crippen LogP contribution in [0.4, 0.5) is 5.69 Å². The van der Waals surface area contributed by atoms with Gasteiger partial charge < -0.3 is 45.2 Å². The first-order valence-corrected chi connectivity index (χ1v) is 19.5. The average molecular weight is 782 g/mol. The van der Waals surface area contributed by atoms with Crippen LogP contribution in [0.3, 0.4) is 0 Å². The number of aliphatic carboxylic acids is 1. The van der Waals surface area contributed by atoms with E-state index in [0.29, 0.717) is 47.8 Å². The summed E-state index contributed by atoms with van der Waals surface area (Å²) in [5.41, 5.74) is 4.56. The molecular formula is C43H47N3O11. The van der Waals surface area contributed by atoms with E-state index in [9.17, 15) is 45.3 Å². The lowest BCUT2D eigenvalue weighted by Gasteiger charge is -2.50. The fourth-order valence-electron chi connectivity index (χ4n) is 9.85. The van der Waals surface area contributed by atoms with Crippen LogP contribution in [0.1, 0.15) is 72.3 Å². The zero-order valence-electron chi connectivity index (χ0n) is 31.2. The number of aromatic hydroxyl groups is 2. The van der Waals surface area contributed by atoms with E-state index in [0.717, 1.165) is 38.5 Å². The van der Waals surface area contributed by atoms with E-state index in [1.54, 1.807) is 24.4 Å². The molecule has 0 unspecified atom stereocenters. The van der Waals surface area contributed by atoms with Gasteiger partial charge in [0.25, 0.3) is 5.91 Å². The molecule has 3 aromatic carbocycles. The van der Waals surface area contributed by atoms with E-state index in [4.69, 9.17) is 9.47 Å². The quantitative estimate of drug-likeness (QED) is 0.148. The minimum absolute atomic E-state index is 0.0557. The van der Waals surface area contributed by atoms with Crippen LogP contribution in [0.15, 0.2) is 70.7 Å². The number of fused-ring (bicyclic) bond motifs is 4. The fourth-order valence-corrected chi connectivity index (χ4v) is 9.85. The zero-order valence-corrected chi connectivity index (χ0v) is 31.2. The fraction of sp³-hybridized carbons (Fsp3) is 0.442. The van der Waals surface area contributed by atoms with E-state index in [2.05, 4.69) is 22.1 Å². The first-order valence-electron chi connectivity index (χ1n) is 19.5. The maximum Gasteiger partial charge on any atom is 0.327 e. The molecule has 0 spiro atoms. The third-order valence-electron chi connectivity index (χ3n) is 12.6. The van der Waals surface area contributed by atoms with Crippen LogP contribution in [-0.4, -0.2) is 110 Å². The van der Waals surface area contributed by atoms with E-state index in [-0.39, 0.29) is 22.6 Å². The lowest BCUT2D eigenvalue weighted by atomic mass is 9.54. The number of nitrogens with zero attached hydrogens (tertiary/aromatic N) is 3. The molecule has 5 aliphatic rings. The van der Waals surface area contributed by atoms with Gasteiger partial charge in [-0.05, 0) is 90.0 Å². The van der Waals surface area contributed by atoms with Gasteiger partial charge in [0.15, 0.2) is 11.5 Å². The second-order valence-electron chi connectivity index (χ2n) is 15.8. The minimum atomic E-state index is -1.78. The second-order valence-corrected chi connectivity index (χ2v) is 15.8. The predicted octanol–water partition coefficient (Wildman–Crippen LogP) is 3.36. The molecule has 14 heteroatoms. The van der Waals surface area contributed by atoms with Gasteiger partial charge in [0.1, 0.15) is 42.9 Å². The van der Waals surface area contributed by atoms with Crippen LogP contribution in [-0.2, 0) is 32.6 Å². The molecule has 8 rings (SSSR count). The molecule has 3 aromatic rings. The lowest BCUT2D eigenvalue weighted by Crippen LogP contribution is -2.60. The van der Waals surface area contributed by atoms with Crippen molar-refractivity contribution < 1.29 is 54.8 Å². The number of benzene rings is 3. The number of anilines is 1. The first kappa shape index (κ1) is 38.7. The molecule has 57 heavy (non-hydrogen) atoms. The summed E-state index contributed by atoms with van der Waals surface area (Å²) in [7, 11) is 0. The monoisotopic (exact) mass is 781 g/mol. The number of hydrogen-bond donors (Lipinski definition) is 7. The smallest absolute Gasteiger partial charge is 0.327 e. The van der Waals surface area contributed by atoms with Crippen LogP contribution < -0.4 is 9.64 Å². The minimum Gasteiger partial charge on any atom is -0.508 e. The van der Waals surface area contributed by atoms with Crippen molar-refractivity contribution >= 4 is 35.6 Å². The lowest BCUT2D eigenvalue weighted by molar-refractivity contribution is -0.277. The highest BCUT2D eigenvalue weighted by atomic mass is 16.7.